The first-order chi connectivity index (χ1) is 25.1. The Kier molecular flexibility index (Phi) is 10.8. The summed E-state index contributed by atoms with van der Waals surface area (Å²) in [6.07, 6.45) is -11.0. The van der Waals surface area contributed by atoms with E-state index in [1.54, 1.807) is 13.8 Å². The summed E-state index contributed by atoms with van der Waals surface area (Å²) in [5.74, 6) is -0.585. The predicted molar refractivity (Wildman–Crippen MR) is 173 cm³/mol. The molecule has 13 N–H and O–H groups in total. The average Bonchev–Trinajstić information content (AvgIpc) is 3.78. The number of hydrogen-bond donors (Lipinski definition) is 11. The molecule has 298 valence electrons. The van der Waals surface area contributed by atoms with Crippen molar-refractivity contribution in [2.45, 2.75) is 69.0 Å². The van der Waals surface area contributed by atoms with Gasteiger partial charge in [-0.05, 0) is 13.8 Å². The van der Waals surface area contributed by atoms with Gasteiger partial charge >= 0.3 is 29.1 Å². The number of hydrogen-bond acceptors (Lipinski definition) is 20. The number of aliphatic hydroxyl groups excluding tert-OH is 4. The maximum absolute atomic E-state index is 12.6. The van der Waals surface area contributed by atoms with Crippen LogP contribution >= 0.6 is 23.5 Å². The van der Waals surface area contributed by atoms with E-state index in [9.17, 15) is 58.4 Å². The van der Waals surface area contributed by atoms with Crippen molar-refractivity contribution in [3.8, 4) is 0 Å². The van der Waals surface area contributed by atoms with Crippen molar-refractivity contribution in [2.75, 3.05) is 24.7 Å². The molecular weight excluding hydrogens is 797 g/mol. The van der Waals surface area contributed by atoms with Crippen molar-refractivity contribution in [3.05, 3.63) is 33.4 Å². The highest BCUT2D eigenvalue weighted by Gasteiger charge is 2.50. The monoisotopic (exact) mass is 831 g/mol. The minimum atomic E-state index is -6.01. The lowest BCUT2D eigenvalue weighted by Crippen LogP contribution is -2.46. The number of nitrogens with two attached hydrogens (primary N) is 2. The Bertz CT molecular complexity index is 2330. The number of phosphoric ester groups is 2. The molecule has 31 heteroatoms. The van der Waals surface area contributed by atoms with Crippen LogP contribution in [0.15, 0.2) is 22.2 Å². The molecule has 0 radical (unpaired) electrons. The van der Waals surface area contributed by atoms with Crippen LogP contribution in [-0.2, 0) is 40.8 Å². The zero-order valence-corrected chi connectivity index (χ0v) is 30.2. The van der Waals surface area contributed by atoms with E-state index in [2.05, 4.69) is 42.6 Å². The number of aliphatic hydroxyl groups is 4. The SMILES string of the molecule is CC(C)n1c[n+]([C@@H]2O[C@H](COP(=O)(O)OP(=O)(O)OP(=O)(O)OC[C@H]3O[C@@H](n4cnc5c(=O)[nH]c(N)nc54)[C@@H](O)C3O)C(O)[C@@H]2O)c2nc(N)[nH]c(=O)c21. The lowest BCUT2D eigenvalue weighted by molar-refractivity contribution is -0.746. The molecule has 2 saturated heterocycles. The third kappa shape index (κ3) is 7.92. The quantitative estimate of drug-likeness (QED) is 0.0460. The molecule has 2 fully saturated rings. The number of phosphoric acid groups is 3. The molecule has 4 aromatic heterocycles. The number of rotatable bonds is 13. The summed E-state index contributed by atoms with van der Waals surface area (Å²) in [7, 11) is -17.4. The van der Waals surface area contributed by atoms with Crippen LogP contribution in [0.25, 0.3) is 22.3 Å². The molecule has 0 saturated carbocycles. The highest BCUT2D eigenvalue weighted by molar-refractivity contribution is 7.66. The van der Waals surface area contributed by atoms with Gasteiger partial charge in [0.05, 0.1) is 25.6 Å². The minimum Gasteiger partial charge on any atom is -0.387 e. The van der Waals surface area contributed by atoms with Crippen molar-refractivity contribution in [1.29, 1.82) is 0 Å². The molecule has 6 heterocycles. The zero-order valence-electron chi connectivity index (χ0n) is 27.6. The van der Waals surface area contributed by atoms with Crippen molar-refractivity contribution in [1.82, 2.24) is 34.1 Å². The Morgan fingerprint density at radius 2 is 1.41 bits per heavy atom. The number of nitrogens with zero attached hydrogens (tertiary/aromatic N) is 6. The van der Waals surface area contributed by atoms with Gasteiger partial charge in [0.25, 0.3) is 17.1 Å². The van der Waals surface area contributed by atoms with E-state index in [0.717, 1.165) is 10.9 Å². The van der Waals surface area contributed by atoms with Crippen LogP contribution in [0.1, 0.15) is 32.3 Å². The first kappa shape index (κ1) is 40.1. The molecule has 11 atom stereocenters. The number of imidazole rings is 2. The van der Waals surface area contributed by atoms with Gasteiger partial charge in [0, 0.05) is 0 Å². The van der Waals surface area contributed by atoms with Crippen LogP contribution < -0.4 is 27.2 Å². The van der Waals surface area contributed by atoms with Crippen LogP contribution in [-0.4, -0.2) is 119 Å². The summed E-state index contributed by atoms with van der Waals surface area (Å²) >= 11 is 0. The van der Waals surface area contributed by atoms with E-state index in [1.165, 1.54) is 15.5 Å². The Balaban J connectivity index is 1.06. The van der Waals surface area contributed by atoms with Gasteiger partial charge in [-0.25, -0.2) is 23.2 Å². The summed E-state index contributed by atoms with van der Waals surface area (Å²) in [6.45, 7) is 1.30. The summed E-state index contributed by atoms with van der Waals surface area (Å²) in [4.78, 5) is 71.2. The lowest BCUT2D eigenvalue weighted by atomic mass is 10.1. The van der Waals surface area contributed by atoms with Crippen molar-refractivity contribution in [2.24, 2.45) is 0 Å². The fraction of sp³-hybridized carbons (Fsp3) is 0.565. The lowest BCUT2D eigenvalue weighted by Gasteiger charge is -2.21. The first-order valence-electron chi connectivity index (χ1n) is 15.3. The number of anilines is 2. The molecule has 2 aliphatic rings. The second kappa shape index (κ2) is 14.5. The van der Waals surface area contributed by atoms with E-state index < -0.39 is 96.9 Å². The molecule has 4 aromatic rings. The predicted octanol–water partition coefficient (Wildman–Crippen LogP) is -3.50. The Labute approximate surface area is 299 Å². The summed E-state index contributed by atoms with van der Waals surface area (Å²) < 4.78 is 69.7. The van der Waals surface area contributed by atoms with E-state index in [0.29, 0.717) is 0 Å². The van der Waals surface area contributed by atoms with Gasteiger partial charge < -0.3 is 56.0 Å². The van der Waals surface area contributed by atoms with E-state index in [4.69, 9.17) is 20.9 Å². The molecule has 6 rings (SSSR count). The van der Waals surface area contributed by atoms with Crippen LogP contribution in [0.5, 0.6) is 0 Å². The first-order valence-corrected chi connectivity index (χ1v) is 19.8. The minimum absolute atomic E-state index is 0.0422. The van der Waals surface area contributed by atoms with Gasteiger partial charge in [-0.3, -0.25) is 37.7 Å². The normalized spacial score (nSPS) is 29.5. The average molecular weight is 831 g/mol. The molecule has 0 aliphatic carbocycles. The second-order valence-electron chi connectivity index (χ2n) is 12.2. The van der Waals surface area contributed by atoms with Crippen molar-refractivity contribution in [3.63, 3.8) is 0 Å². The van der Waals surface area contributed by atoms with Crippen LogP contribution in [0.3, 0.4) is 0 Å². The van der Waals surface area contributed by atoms with Gasteiger partial charge in [0.2, 0.25) is 17.7 Å². The Morgan fingerprint density at radius 1 is 0.852 bits per heavy atom. The molecule has 0 amide bonds. The number of aromatic nitrogens is 8. The molecule has 54 heavy (non-hydrogen) atoms. The molecule has 0 bridgehead atoms. The molecule has 28 nitrogen and oxygen atoms in total. The maximum atomic E-state index is 12.6. The Morgan fingerprint density at radius 3 is 2.02 bits per heavy atom. The van der Waals surface area contributed by atoms with Gasteiger partial charge in [0.15, 0.2) is 23.7 Å². The van der Waals surface area contributed by atoms with E-state index in [1.807, 2.05) is 0 Å². The number of nitrogens with one attached hydrogen (secondary N) is 2. The highest BCUT2D eigenvalue weighted by atomic mass is 31.3. The van der Waals surface area contributed by atoms with Gasteiger partial charge in [0.1, 0.15) is 36.6 Å². The van der Waals surface area contributed by atoms with Crippen molar-refractivity contribution < 1.29 is 80.5 Å². The number of ether oxygens (including phenoxy) is 2. The molecule has 5 unspecified atom stereocenters. The summed E-state index contributed by atoms with van der Waals surface area (Å²) in [5.41, 5.74) is 9.52. The molecular formula is C23H34N10O18P3+. The molecule has 0 spiro atoms. The van der Waals surface area contributed by atoms with Crippen molar-refractivity contribution >= 4 is 57.7 Å². The molecule has 2 aliphatic heterocycles. The standard InChI is InChI=1S/C23H33N10O18P3/c1-7(2)32-6-33(17-11(32)19(39)30-23(25)28-17)21-15(37)13(35)9(49-21)4-47-53(42,43)51-54(44,45)50-52(40,41)46-3-8-12(34)14(36)20(48-8)31-5-26-10-16(31)27-22(24)29-18(10)38/h5-9,12-15,20-21,34-37H,3-4H2,1-2H3,(H8-,24,25,27,28,29,30,38,39,40,41,42,43,44,45)/p+1/t8-,9-,12?,13?,14+,15+,20-,21-/m1/s1. The van der Waals surface area contributed by atoms with Crippen LogP contribution in [0, 0.1) is 0 Å². The summed E-state index contributed by atoms with van der Waals surface area (Å²) in [5, 5.41) is 42.3. The second-order valence-corrected chi connectivity index (χ2v) is 16.8. The number of aromatic amines is 2. The van der Waals surface area contributed by atoms with Gasteiger partial charge in [-0.1, -0.05) is 4.98 Å². The topological polar surface area (TPSA) is 418 Å². The maximum Gasteiger partial charge on any atom is 0.490 e. The van der Waals surface area contributed by atoms with E-state index in [-0.39, 0.29) is 40.3 Å². The van der Waals surface area contributed by atoms with Gasteiger partial charge in [-0.2, -0.15) is 13.6 Å². The fourth-order valence-corrected chi connectivity index (χ4v) is 9.21. The zero-order chi connectivity index (χ0) is 39.7. The van der Waals surface area contributed by atoms with Crippen LogP contribution in [0.2, 0.25) is 0 Å². The number of nitrogen functional groups attached to an aromatic ring is 2. The smallest absolute Gasteiger partial charge is 0.387 e. The largest absolute Gasteiger partial charge is 0.490 e. The summed E-state index contributed by atoms with van der Waals surface area (Å²) in [6, 6.07) is -0.305. The third-order valence-electron chi connectivity index (χ3n) is 8.09. The fourth-order valence-electron chi connectivity index (χ4n) is 5.69. The van der Waals surface area contributed by atoms with E-state index >= 15 is 0 Å². The Hall–Kier alpha value is -3.53. The van der Waals surface area contributed by atoms with Crippen LogP contribution in [0.4, 0.5) is 11.9 Å². The molecule has 0 aromatic carbocycles. The third-order valence-corrected chi connectivity index (χ3v) is 12.3. The number of H-pyrrole nitrogens is 2. The highest BCUT2D eigenvalue weighted by Crippen LogP contribution is 2.67. The number of fused-ring (bicyclic) bond motifs is 2. The van der Waals surface area contributed by atoms with Gasteiger partial charge in [-0.15, -0.1) is 0 Å².